The zero-order chi connectivity index (χ0) is 13.1. The quantitative estimate of drug-likeness (QED) is 0.876. The van der Waals surface area contributed by atoms with E-state index in [-0.39, 0.29) is 0 Å². The fourth-order valence-corrected chi connectivity index (χ4v) is 2.45. The molecule has 1 aromatic carbocycles. The first-order valence-corrected chi connectivity index (χ1v) is 6.82. The van der Waals surface area contributed by atoms with Gasteiger partial charge in [-0.2, -0.15) is 0 Å². The van der Waals surface area contributed by atoms with E-state index in [0.29, 0.717) is 12.1 Å². The lowest BCUT2D eigenvalue weighted by molar-refractivity contribution is 0.394. The maximum Gasteiger partial charge on any atom is 0.107 e. The Morgan fingerprint density at radius 1 is 1.28 bits per heavy atom. The zero-order valence-corrected chi connectivity index (χ0v) is 11.8. The molecular formula is C15H23N3. The molecule has 0 aliphatic heterocycles. The van der Waals surface area contributed by atoms with Crippen LogP contribution in [0.4, 0.5) is 0 Å². The molecule has 0 bridgehead atoms. The minimum absolute atomic E-state index is 0.406. The highest BCUT2D eigenvalue weighted by Gasteiger charge is 2.17. The monoisotopic (exact) mass is 245 g/mol. The molecule has 1 N–H and O–H groups in total. The van der Waals surface area contributed by atoms with E-state index in [4.69, 9.17) is 0 Å². The Bertz CT molecular complexity index is 515. The van der Waals surface area contributed by atoms with Crippen molar-refractivity contribution in [2.45, 2.75) is 46.2 Å². The molecule has 3 nitrogen and oxygen atoms in total. The van der Waals surface area contributed by atoms with Gasteiger partial charge in [-0.05, 0) is 45.9 Å². The predicted molar refractivity (Wildman–Crippen MR) is 76.9 cm³/mol. The third-order valence-electron chi connectivity index (χ3n) is 3.62. The van der Waals surface area contributed by atoms with E-state index in [1.165, 1.54) is 11.9 Å². The van der Waals surface area contributed by atoms with Gasteiger partial charge in [-0.15, -0.1) is 0 Å². The molecule has 0 fully saturated rings. The van der Waals surface area contributed by atoms with Gasteiger partial charge in [-0.1, -0.05) is 19.1 Å². The van der Waals surface area contributed by atoms with Crippen LogP contribution in [0.15, 0.2) is 24.3 Å². The molecule has 1 heterocycles. The molecule has 2 atom stereocenters. The average Bonchev–Trinajstić information content (AvgIpc) is 2.70. The van der Waals surface area contributed by atoms with Crippen LogP contribution in [0.5, 0.6) is 0 Å². The van der Waals surface area contributed by atoms with E-state index in [9.17, 15) is 0 Å². The standard InChI is InChI=1S/C15H23N3/c1-5-10-16-11(2)12(3)18-13(4)17-14-8-6-7-9-15(14)18/h6-9,11-12,16H,5,10H2,1-4H3. The maximum absolute atomic E-state index is 4.63. The van der Waals surface area contributed by atoms with Gasteiger partial charge < -0.3 is 9.88 Å². The molecule has 98 valence electrons. The van der Waals surface area contributed by atoms with Gasteiger partial charge in [0.05, 0.1) is 11.0 Å². The van der Waals surface area contributed by atoms with Crippen molar-refractivity contribution >= 4 is 11.0 Å². The first-order valence-electron chi connectivity index (χ1n) is 6.82. The fourth-order valence-electron chi connectivity index (χ4n) is 2.45. The van der Waals surface area contributed by atoms with Gasteiger partial charge in [-0.25, -0.2) is 4.98 Å². The van der Waals surface area contributed by atoms with Gasteiger partial charge >= 0.3 is 0 Å². The molecule has 0 aliphatic rings. The van der Waals surface area contributed by atoms with Crippen molar-refractivity contribution in [2.24, 2.45) is 0 Å². The number of nitrogens with zero attached hydrogens (tertiary/aromatic N) is 2. The molecule has 18 heavy (non-hydrogen) atoms. The summed E-state index contributed by atoms with van der Waals surface area (Å²) in [7, 11) is 0. The molecule has 0 amide bonds. The van der Waals surface area contributed by atoms with Crippen LogP contribution >= 0.6 is 0 Å². The number of nitrogens with one attached hydrogen (secondary N) is 1. The van der Waals surface area contributed by atoms with Crippen LogP contribution in [-0.2, 0) is 0 Å². The lowest BCUT2D eigenvalue weighted by Crippen LogP contribution is -2.34. The average molecular weight is 245 g/mol. The molecule has 0 spiro atoms. The summed E-state index contributed by atoms with van der Waals surface area (Å²) in [5.74, 6) is 1.09. The van der Waals surface area contributed by atoms with Crippen LogP contribution in [-0.4, -0.2) is 22.1 Å². The summed E-state index contributed by atoms with van der Waals surface area (Å²) in [5, 5.41) is 3.56. The number of fused-ring (bicyclic) bond motifs is 1. The highest BCUT2D eigenvalue weighted by molar-refractivity contribution is 5.76. The Balaban J connectivity index is 2.32. The molecule has 1 aromatic heterocycles. The summed E-state index contributed by atoms with van der Waals surface area (Å²) in [4.78, 5) is 4.63. The molecule has 0 radical (unpaired) electrons. The van der Waals surface area contributed by atoms with E-state index in [1.807, 2.05) is 6.07 Å². The van der Waals surface area contributed by atoms with E-state index in [1.54, 1.807) is 0 Å². The van der Waals surface area contributed by atoms with Crippen LogP contribution in [0.1, 0.15) is 39.1 Å². The van der Waals surface area contributed by atoms with Crippen LogP contribution in [0.25, 0.3) is 11.0 Å². The third kappa shape index (κ3) is 2.41. The highest BCUT2D eigenvalue weighted by atomic mass is 15.1. The summed E-state index contributed by atoms with van der Waals surface area (Å²) < 4.78 is 2.34. The summed E-state index contributed by atoms with van der Waals surface area (Å²) in [5.41, 5.74) is 2.32. The van der Waals surface area contributed by atoms with Gasteiger partial charge in [-0.3, -0.25) is 0 Å². The molecule has 0 saturated carbocycles. The summed E-state index contributed by atoms with van der Waals surface area (Å²) in [6, 6.07) is 9.21. The Morgan fingerprint density at radius 3 is 2.72 bits per heavy atom. The summed E-state index contributed by atoms with van der Waals surface area (Å²) in [6.45, 7) is 9.85. The predicted octanol–water partition coefficient (Wildman–Crippen LogP) is 3.29. The van der Waals surface area contributed by atoms with Crippen molar-refractivity contribution < 1.29 is 0 Å². The number of hydrogen-bond acceptors (Lipinski definition) is 2. The second kappa shape index (κ2) is 5.53. The van der Waals surface area contributed by atoms with Gasteiger partial charge in [0.2, 0.25) is 0 Å². The molecule has 0 aliphatic carbocycles. The third-order valence-corrected chi connectivity index (χ3v) is 3.62. The Morgan fingerprint density at radius 2 is 2.00 bits per heavy atom. The number of imidazole rings is 1. The van der Waals surface area contributed by atoms with Crippen LogP contribution in [0.2, 0.25) is 0 Å². The minimum atomic E-state index is 0.406. The fraction of sp³-hybridized carbons (Fsp3) is 0.533. The number of para-hydroxylation sites is 2. The first-order chi connectivity index (χ1) is 8.65. The molecule has 2 unspecified atom stereocenters. The molecule has 2 aromatic rings. The van der Waals surface area contributed by atoms with Gasteiger partial charge in [0.15, 0.2) is 0 Å². The minimum Gasteiger partial charge on any atom is -0.324 e. The smallest absolute Gasteiger partial charge is 0.107 e. The normalized spacial score (nSPS) is 14.9. The van der Waals surface area contributed by atoms with Crippen molar-refractivity contribution in [2.75, 3.05) is 6.54 Å². The number of rotatable bonds is 5. The molecule has 0 saturated heterocycles. The van der Waals surface area contributed by atoms with Crippen molar-refractivity contribution in [3.63, 3.8) is 0 Å². The first kappa shape index (κ1) is 13.1. The maximum atomic E-state index is 4.63. The van der Waals surface area contributed by atoms with E-state index >= 15 is 0 Å². The van der Waals surface area contributed by atoms with E-state index < -0.39 is 0 Å². The van der Waals surface area contributed by atoms with Crippen LogP contribution in [0.3, 0.4) is 0 Å². The lowest BCUT2D eigenvalue weighted by atomic mass is 10.1. The van der Waals surface area contributed by atoms with Gasteiger partial charge in [0.1, 0.15) is 5.82 Å². The van der Waals surface area contributed by atoms with Crippen molar-refractivity contribution in [1.82, 2.24) is 14.9 Å². The van der Waals surface area contributed by atoms with E-state index in [2.05, 4.69) is 60.8 Å². The van der Waals surface area contributed by atoms with Gasteiger partial charge in [0, 0.05) is 12.1 Å². The second-order valence-corrected chi connectivity index (χ2v) is 5.00. The van der Waals surface area contributed by atoms with Gasteiger partial charge in [0.25, 0.3) is 0 Å². The Kier molecular flexibility index (Phi) is 4.02. The summed E-state index contributed by atoms with van der Waals surface area (Å²) >= 11 is 0. The zero-order valence-electron chi connectivity index (χ0n) is 11.8. The number of aryl methyl sites for hydroxylation is 1. The van der Waals surface area contributed by atoms with E-state index in [0.717, 1.165) is 17.9 Å². The van der Waals surface area contributed by atoms with Crippen molar-refractivity contribution in [1.29, 1.82) is 0 Å². The highest BCUT2D eigenvalue weighted by Crippen LogP contribution is 2.22. The Labute approximate surface area is 109 Å². The SMILES string of the molecule is CCCNC(C)C(C)n1c(C)nc2ccccc21. The number of aromatic nitrogens is 2. The van der Waals surface area contributed by atoms with Crippen molar-refractivity contribution in [3.05, 3.63) is 30.1 Å². The van der Waals surface area contributed by atoms with Crippen molar-refractivity contribution in [3.8, 4) is 0 Å². The number of benzene rings is 1. The lowest BCUT2D eigenvalue weighted by Gasteiger charge is -2.24. The number of hydrogen-bond donors (Lipinski definition) is 1. The Hall–Kier alpha value is -1.35. The molecule has 3 heteroatoms. The van der Waals surface area contributed by atoms with Crippen LogP contribution < -0.4 is 5.32 Å². The second-order valence-electron chi connectivity index (χ2n) is 5.00. The van der Waals surface area contributed by atoms with Crippen LogP contribution in [0, 0.1) is 6.92 Å². The topological polar surface area (TPSA) is 29.9 Å². The largest absolute Gasteiger partial charge is 0.324 e. The molecule has 2 rings (SSSR count). The summed E-state index contributed by atoms with van der Waals surface area (Å²) in [6.07, 6.45) is 1.17. The molecular weight excluding hydrogens is 222 g/mol.